The van der Waals surface area contributed by atoms with Crippen molar-refractivity contribution in [3.8, 4) is 5.75 Å². The fourth-order valence-electron chi connectivity index (χ4n) is 3.45. The van der Waals surface area contributed by atoms with E-state index < -0.39 is 11.9 Å². The van der Waals surface area contributed by atoms with Crippen molar-refractivity contribution in [1.82, 2.24) is 9.97 Å². The van der Waals surface area contributed by atoms with E-state index in [9.17, 15) is 9.59 Å². The van der Waals surface area contributed by atoms with Crippen LogP contribution in [-0.2, 0) is 4.74 Å². The van der Waals surface area contributed by atoms with E-state index in [1.807, 2.05) is 0 Å². The predicted molar refractivity (Wildman–Crippen MR) is 109 cm³/mol. The summed E-state index contributed by atoms with van der Waals surface area (Å²) < 4.78 is 10.9. The summed E-state index contributed by atoms with van der Waals surface area (Å²) in [6.45, 7) is 4.32. The fraction of sp³-hybridized carbons (Fsp3) is 0.455. The van der Waals surface area contributed by atoms with E-state index in [0.717, 1.165) is 0 Å². The number of anilines is 1. The summed E-state index contributed by atoms with van der Waals surface area (Å²) in [5, 5.41) is 2.76. The summed E-state index contributed by atoms with van der Waals surface area (Å²) in [5.41, 5.74) is 0.975. The SMILES string of the molecule is CCOC(=O)c1ccc(C(=O)Nc2ncccc2OCC2CCCCC2)nc1C. The monoisotopic (exact) mass is 397 g/mol. The Labute approximate surface area is 170 Å². The van der Waals surface area contributed by atoms with E-state index in [0.29, 0.717) is 35.3 Å². The molecule has 0 spiro atoms. The van der Waals surface area contributed by atoms with Crippen LogP contribution < -0.4 is 10.1 Å². The second kappa shape index (κ2) is 10.0. The van der Waals surface area contributed by atoms with Crippen molar-refractivity contribution in [2.24, 2.45) is 5.92 Å². The summed E-state index contributed by atoms with van der Waals surface area (Å²) in [6, 6.07) is 6.63. The average Bonchev–Trinajstić information content (AvgIpc) is 2.74. The number of carbonyl (C=O) groups is 2. The van der Waals surface area contributed by atoms with Crippen molar-refractivity contribution < 1.29 is 19.1 Å². The largest absolute Gasteiger partial charge is 0.489 e. The number of hydrogen-bond donors (Lipinski definition) is 1. The minimum atomic E-state index is -0.451. The quantitative estimate of drug-likeness (QED) is 0.705. The van der Waals surface area contributed by atoms with Crippen molar-refractivity contribution >= 4 is 17.7 Å². The highest BCUT2D eigenvalue weighted by molar-refractivity contribution is 6.03. The molecule has 3 rings (SSSR count). The molecule has 1 aliphatic rings. The first-order valence-corrected chi connectivity index (χ1v) is 10.1. The lowest BCUT2D eigenvalue weighted by molar-refractivity contribution is 0.0524. The average molecular weight is 397 g/mol. The molecule has 0 unspecified atom stereocenters. The number of rotatable bonds is 7. The first-order chi connectivity index (χ1) is 14.1. The molecule has 29 heavy (non-hydrogen) atoms. The highest BCUT2D eigenvalue weighted by Gasteiger charge is 2.18. The fourth-order valence-corrected chi connectivity index (χ4v) is 3.45. The Bertz CT molecular complexity index is 863. The molecule has 2 heterocycles. The molecule has 1 N–H and O–H groups in total. The van der Waals surface area contributed by atoms with Crippen LogP contribution in [0.5, 0.6) is 5.75 Å². The number of amides is 1. The van der Waals surface area contributed by atoms with Gasteiger partial charge in [0.25, 0.3) is 5.91 Å². The van der Waals surface area contributed by atoms with Crippen molar-refractivity contribution in [2.45, 2.75) is 46.0 Å². The highest BCUT2D eigenvalue weighted by Crippen LogP contribution is 2.27. The molecule has 1 fully saturated rings. The van der Waals surface area contributed by atoms with Gasteiger partial charge < -0.3 is 14.8 Å². The van der Waals surface area contributed by atoms with Crippen LogP contribution in [0.1, 0.15) is 65.6 Å². The van der Waals surface area contributed by atoms with Gasteiger partial charge in [-0.05, 0) is 56.9 Å². The van der Waals surface area contributed by atoms with Crippen LogP contribution in [0.4, 0.5) is 5.82 Å². The summed E-state index contributed by atoms with van der Waals surface area (Å²) >= 11 is 0. The number of hydrogen-bond acceptors (Lipinski definition) is 6. The minimum Gasteiger partial charge on any atom is -0.489 e. The zero-order valence-electron chi connectivity index (χ0n) is 16.9. The zero-order valence-corrected chi connectivity index (χ0v) is 16.9. The Morgan fingerprint density at radius 2 is 1.97 bits per heavy atom. The van der Waals surface area contributed by atoms with Gasteiger partial charge in [-0.3, -0.25) is 4.79 Å². The van der Waals surface area contributed by atoms with Crippen LogP contribution in [-0.4, -0.2) is 35.1 Å². The molecule has 1 amide bonds. The molecule has 1 saturated carbocycles. The summed E-state index contributed by atoms with van der Waals surface area (Å²) in [7, 11) is 0. The zero-order chi connectivity index (χ0) is 20.6. The smallest absolute Gasteiger partial charge is 0.339 e. The molecule has 2 aromatic heterocycles. The second-order valence-corrected chi connectivity index (χ2v) is 7.17. The maximum absolute atomic E-state index is 12.6. The Balaban J connectivity index is 1.67. The van der Waals surface area contributed by atoms with Gasteiger partial charge in [-0.25, -0.2) is 14.8 Å². The van der Waals surface area contributed by atoms with E-state index in [-0.39, 0.29) is 12.3 Å². The van der Waals surface area contributed by atoms with Crippen LogP contribution in [0.3, 0.4) is 0 Å². The molecular formula is C22H27N3O4. The molecule has 0 aliphatic heterocycles. The molecule has 0 bridgehead atoms. The van der Waals surface area contributed by atoms with Gasteiger partial charge in [0.2, 0.25) is 0 Å². The Kier molecular flexibility index (Phi) is 7.16. The maximum atomic E-state index is 12.6. The Morgan fingerprint density at radius 1 is 1.17 bits per heavy atom. The maximum Gasteiger partial charge on any atom is 0.339 e. The third kappa shape index (κ3) is 5.53. The van der Waals surface area contributed by atoms with E-state index >= 15 is 0 Å². The van der Waals surface area contributed by atoms with Gasteiger partial charge in [-0.15, -0.1) is 0 Å². The number of esters is 1. The second-order valence-electron chi connectivity index (χ2n) is 7.17. The van der Waals surface area contributed by atoms with Crippen LogP contribution in [0.25, 0.3) is 0 Å². The van der Waals surface area contributed by atoms with Gasteiger partial charge in [0.05, 0.1) is 24.5 Å². The number of nitrogens with zero attached hydrogens (tertiary/aromatic N) is 2. The number of ether oxygens (including phenoxy) is 2. The van der Waals surface area contributed by atoms with Gasteiger partial charge in [-0.2, -0.15) is 0 Å². The molecule has 7 heteroatoms. The van der Waals surface area contributed by atoms with E-state index in [1.165, 1.54) is 38.2 Å². The lowest BCUT2D eigenvalue weighted by Gasteiger charge is -2.22. The molecule has 1 aliphatic carbocycles. The molecule has 0 radical (unpaired) electrons. The number of aromatic nitrogens is 2. The molecule has 0 aromatic carbocycles. The predicted octanol–water partition coefficient (Wildman–Crippen LogP) is 4.17. The van der Waals surface area contributed by atoms with Crippen molar-refractivity contribution in [3.63, 3.8) is 0 Å². The molecule has 154 valence electrons. The van der Waals surface area contributed by atoms with E-state index in [4.69, 9.17) is 9.47 Å². The Hall–Kier alpha value is -2.96. The number of pyridine rings is 2. The van der Waals surface area contributed by atoms with Crippen LogP contribution >= 0.6 is 0 Å². The Morgan fingerprint density at radius 3 is 2.69 bits per heavy atom. The first kappa shape index (κ1) is 20.8. The van der Waals surface area contributed by atoms with Gasteiger partial charge in [0, 0.05) is 6.20 Å². The summed E-state index contributed by atoms with van der Waals surface area (Å²) in [5.74, 6) is 0.595. The topological polar surface area (TPSA) is 90.4 Å². The normalized spacial score (nSPS) is 14.3. The third-order valence-corrected chi connectivity index (χ3v) is 5.02. The summed E-state index contributed by atoms with van der Waals surface area (Å²) in [4.78, 5) is 33.0. The lowest BCUT2D eigenvalue weighted by Crippen LogP contribution is -2.19. The summed E-state index contributed by atoms with van der Waals surface area (Å²) in [6.07, 6.45) is 7.75. The van der Waals surface area contributed by atoms with Crippen LogP contribution in [0.2, 0.25) is 0 Å². The van der Waals surface area contributed by atoms with Gasteiger partial charge in [0.1, 0.15) is 5.69 Å². The van der Waals surface area contributed by atoms with Gasteiger partial charge >= 0.3 is 5.97 Å². The van der Waals surface area contributed by atoms with Crippen molar-refractivity contribution in [1.29, 1.82) is 0 Å². The van der Waals surface area contributed by atoms with Gasteiger partial charge in [0.15, 0.2) is 11.6 Å². The molecular weight excluding hydrogens is 370 g/mol. The van der Waals surface area contributed by atoms with Crippen LogP contribution in [0.15, 0.2) is 30.5 Å². The molecule has 2 aromatic rings. The van der Waals surface area contributed by atoms with Crippen LogP contribution in [0, 0.1) is 12.8 Å². The molecule has 0 atom stereocenters. The number of carbonyl (C=O) groups excluding carboxylic acids is 2. The highest BCUT2D eigenvalue weighted by atomic mass is 16.5. The standard InChI is InChI=1S/C22H27N3O4/c1-3-28-22(27)17-11-12-18(24-15(17)2)21(26)25-20-19(10-7-13-23-20)29-14-16-8-5-4-6-9-16/h7,10-13,16H,3-6,8-9,14H2,1-2H3,(H,23,25,26). The number of nitrogens with one attached hydrogen (secondary N) is 1. The number of aryl methyl sites for hydroxylation is 1. The van der Waals surface area contributed by atoms with Crippen molar-refractivity contribution in [2.75, 3.05) is 18.5 Å². The first-order valence-electron chi connectivity index (χ1n) is 10.1. The third-order valence-electron chi connectivity index (χ3n) is 5.02. The molecule has 0 saturated heterocycles. The van der Waals surface area contributed by atoms with Gasteiger partial charge in [-0.1, -0.05) is 19.3 Å². The van der Waals surface area contributed by atoms with E-state index in [2.05, 4.69) is 15.3 Å². The lowest BCUT2D eigenvalue weighted by atomic mass is 9.90. The van der Waals surface area contributed by atoms with Crippen molar-refractivity contribution in [3.05, 3.63) is 47.4 Å². The molecule has 7 nitrogen and oxygen atoms in total. The van der Waals surface area contributed by atoms with E-state index in [1.54, 1.807) is 38.2 Å². The minimum absolute atomic E-state index is 0.194.